The maximum absolute atomic E-state index is 12.7. The van der Waals surface area contributed by atoms with Gasteiger partial charge in [-0.25, -0.2) is 4.79 Å². The van der Waals surface area contributed by atoms with E-state index in [2.05, 4.69) is 13.8 Å². The number of carbonyl (C=O) groups excluding carboxylic acids is 2. The molecular weight excluding hydrogens is 280 g/mol. The van der Waals surface area contributed by atoms with E-state index < -0.39 is 5.60 Å². The number of piperidine rings is 1. The fraction of sp³-hybridized carbons (Fsp3) is 0.882. The predicted octanol–water partition coefficient (Wildman–Crippen LogP) is 3.28. The topological polar surface area (TPSA) is 49.9 Å². The molecule has 0 spiro atoms. The van der Waals surface area contributed by atoms with Gasteiger partial charge in [0.1, 0.15) is 5.60 Å². The van der Waals surface area contributed by atoms with Gasteiger partial charge in [0.25, 0.3) is 0 Å². The summed E-state index contributed by atoms with van der Waals surface area (Å²) in [5, 5.41) is 0. The van der Waals surface area contributed by atoms with Crippen molar-refractivity contribution in [2.75, 3.05) is 26.2 Å². The summed E-state index contributed by atoms with van der Waals surface area (Å²) in [6.07, 6.45) is 3.36. The molecule has 1 aliphatic rings. The first-order chi connectivity index (χ1) is 10.3. The van der Waals surface area contributed by atoms with Crippen LogP contribution in [-0.4, -0.2) is 53.6 Å². The minimum Gasteiger partial charge on any atom is -0.444 e. The van der Waals surface area contributed by atoms with Gasteiger partial charge in [-0.2, -0.15) is 0 Å². The Hall–Kier alpha value is -1.26. The molecule has 0 aliphatic carbocycles. The first-order valence-electron chi connectivity index (χ1n) is 8.55. The molecule has 22 heavy (non-hydrogen) atoms. The molecule has 5 heteroatoms. The minimum atomic E-state index is -0.496. The van der Waals surface area contributed by atoms with E-state index in [-0.39, 0.29) is 17.9 Å². The number of hydrogen-bond acceptors (Lipinski definition) is 3. The van der Waals surface area contributed by atoms with Crippen LogP contribution in [0, 0.1) is 5.92 Å². The lowest BCUT2D eigenvalue weighted by molar-refractivity contribution is -0.137. The number of likely N-dealkylation sites (tertiary alicyclic amines) is 1. The van der Waals surface area contributed by atoms with Crippen LogP contribution in [0.2, 0.25) is 0 Å². The highest BCUT2D eigenvalue weighted by Crippen LogP contribution is 2.21. The standard InChI is InChI=1S/C17H32N2O3/c1-6-10-18(11-7-2)15(20)14-9-8-12-19(13-14)16(21)22-17(3,4)5/h14H,6-13H2,1-5H3. The van der Waals surface area contributed by atoms with Gasteiger partial charge in [0.05, 0.1) is 5.92 Å². The molecule has 0 aromatic heterocycles. The third-order valence-electron chi connectivity index (χ3n) is 3.72. The van der Waals surface area contributed by atoms with Gasteiger partial charge in [-0.1, -0.05) is 13.8 Å². The molecule has 2 amide bonds. The Labute approximate surface area is 135 Å². The Morgan fingerprint density at radius 2 is 1.77 bits per heavy atom. The van der Waals surface area contributed by atoms with Crippen molar-refractivity contribution in [2.45, 2.75) is 65.9 Å². The van der Waals surface area contributed by atoms with Crippen molar-refractivity contribution in [2.24, 2.45) is 5.92 Å². The van der Waals surface area contributed by atoms with Crippen LogP contribution in [0.15, 0.2) is 0 Å². The molecule has 0 N–H and O–H groups in total. The first kappa shape index (κ1) is 18.8. The molecule has 1 rings (SSSR count). The van der Waals surface area contributed by atoms with E-state index in [4.69, 9.17) is 4.74 Å². The Bertz CT molecular complexity index is 371. The molecular formula is C17H32N2O3. The van der Waals surface area contributed by atoms with Gasteiger partial charge < -0.3 is 14.5 Å². The maximum atomic E-state index is 12.7. The number of ether oxygens (including phenoxy) is 1. The molecule has 0 aromatic carbocycles. The van der Waals surface area contributed by atoms with Crippen LogP contribution in [0.5, 0.6) is 0 Å². The lowest BCUT2D eigenvalue weighted by Crippen LogP contribution is -2.48. The Morgan fingerprint density at radius 1 is 1.18 bits per heavy atom. The number of hydrogen-bond donors (Lipinski definition) is 0. The predicted molar refractivity (Wildman–Crippen MR) is 87.7 cm³/mol. The highest BCUT2D eigenvalue weighted by Gasteiger charge is 2.32. The van der Waals surface area contributed by atoms with Crippen LogP contribution >= 0.6 is 0 Å². The van der Waals surface area contributed by atoms with E-state index in [0.717, 1.165) is 38.8 Å². The van der Waals surface area contributed by atoms with Gasteiger partial charge in [0.15, 0.2) is 0 Å². The molecule has 1 unspecified atom stereocenters. The van der Waals surface area contributed by atoms with Crippen LogP contribution in [0.25, 0.3) is 0 Å². The largest absolute Gasteiger partial charge is 0.444 e. The van der Waals surface area contributed by atoms with Gasteiger partial charge in [0, 0.05) is 26.2 Å². The summed E-state index contributed by atoms with van der Waals surface area (Å²) in [5.41, 5.74) is -0.496. The van der Waals surface area contributed by atoms with Crippen molar-refractivity contribution in [3.8, 4) is 0 Å². The summed E-state index contributed by atoms with van der Waals surface area (Å²) in [6, 6.07) is 0. The summed E-state index contributed by atoms with van der Waals surface area (Å²) >= 11 is 0. The van der Waals surface area contributed by atoms with Gasteiger partial charge in [-0.3, -0.25) is 4.79 Å². The van der Waals surface area contributed by atoms with E-state index >= 15 is 0 Å². The fourth-order valence-electron chi connectivity index (χ4n) is 2.80. The zero-order chi connectivity index (χ0) is 16.8. The summed E-state index contributed by atoms with van der Waals surface area (Å²) in [5.74, 6) is 0.108. The van der Waals surface area contributed by atoms with Crippen molar-refractivity contribution in [3.63, 3.8) is 0 Å². The van der Waals surface area contributed by atoms with Crippen LogP contribution in [-0.2, 0) is 9.53 Å². The maximum Gasteiger partial charge on any atom is 0.410 e. The molecule has 0 radical (unpaired) electrons. The molecule has 0 bridgehead atoms. The summed E-state index contributed by atoms with van der Waals surface area (Å²) in [6.45, 7) is 12.5. The fourth-order valence-corrected chi connectivity index (χ4v) is 2.80. The zero-order valence-electron chi connectivity index (χ0n) is 14.9. The Balaban J connectivity index is 2.65. The molecule has 1 saturated heterocycles. The molecule has 128 valence electrons. The van der Waals surface area contributed by atoms with Gasteiger partial charge in [-0.05, 0) is 46.5 Å². The zero-order valence-corrected chi connectivity index (χ0v) is 14.9. The van der Waals surface area contributed by atoms with Gasteiger partial charge >= 0.3 is 6.09 Å². The highest BCUT2D eigenvalue weighted by atomic mass is 16.6. The monoisotopic (exact) mass is 312 g/mol. The smallest absolute Gasteiger partial charge is 0.410 e. The second-order valence-electron chi connectivity index (χ2n) is 7.09. The third kappa shape index (κ3) is 5.85. The average molecular weight is 312 g/mol. The lowest BCUT2D eigenvalue weighted by Gasteiger charge is -2.35. The van der Waals surface area contributed by atoms with Gasteiger partial charge in [-0.15, -0.1) is 0 Å². The Morgan fingerprint density at radius 3 is 2.27 bits per heavy atom. The van der Waals surface area contributed by atoms with Crippen molar-refractivity contribution in [3.05, 3.63) is 0 Å². The van der Waals surface area contributed by atoms with E-state index in [9.17, 15) is 9.59 Å². The normalized spacial score (nSPS) is 19.0. The molecule has 1 fully saturated rings. The lowest BCUT2D eigenvalue weighted by atomic mass is 9.96. The summed E-state index contributed by atoms with van der Waals surface area (Å²) in [4.78, 5) is 28.5. The molecule has 5 nitrogen and oxygen atoms in total. The van der Waals surface area contributed by atoms with Crippen LogP contribution in [0.1, 0.15) is 60.3 Å². The quantitative estimate of drug-likeness (QED) is 0.783. The van der Waals surface area contributed by atoms with E-state index in [1.54, 1.807) is 4.90 Å². The number of rotatable bonds is 5. The summed E-state index contributed by atoms with van der Waals surface area (Å²) in [7, 11) is 0. The average Bonchev–Trinajstić information content (AvgIpc) is 2.44. The van der Waals surface area contributed by atoms with Crippen LogP contribution in [0.4, 0.5) is 4.79 Å². The SMILES string of the molecule is CCCN(CCC)C(=O)C1CCCN(C(=O)OC(C)(C)C)C1. The number of amides is 2. The van der Waals surface area contributed by atoms with Crippen molar-refractivity contribution in [1.82, 2.24) is 9.80 Å². The highest BCUT2D eigenvalue weighted by molar-refractivity contribution is 5.80. The second kappa shape index (κ2) is 8.39. The van der Waals surface area contributed by atoms with Crippen molar-refractivity contribution in [1.29, 1.82) is 0 Å². The number of nitrogens with zero attached hydrogens (tertiary/aromatic N) is 2. The van der Waals surface area contributed by atoms with E-state index in [0.29, 0.717) is 13.1 Å². The third-order valence-corrected chi connectivity index (χ3v) is 3.72. The molecule has 1 atom stereocenters. The van der Waals surface area contributed by atoms with Crippen LogP contribution < -0.4 is 0 Å². The molecule has 0 aromatic rings. The number of carbonyl (C=O) groups is 2. The Kier molecular flexibility index (Phi) is 7.17. The van der Waals surface area contributed by atoms with E-state index in [1.165, 1.54) is 0 Å². The van der Waals surface area contributed by atoms with Crippen LogP contribution in [0.3, 0.4) is 0 Å². The summed E-state index contributed by atoms with van der Waals surface area (Å²) < 4.78 is 5.42. The first-order valence-corrected chi connectivity index (χ1v) is 8.55. The molecule has 0 saturated carbocycles. The molecule has 1 heterocycles. The second-order valence-corrected chi connectivity index (χ2v) is 7.09. The molecule has 1 aliphatic heterocycles. The minimum absolute atomic E-state index is 0.0839. The van der Waals surface area contributed by atoms with E-state index in [1.807, 2.05) is 25.7 Å². The van der Waals surface area contributed by atoms with Crippen molar-refractivity contribution >= 4 is 12.0 Å². The van der Waals surface area contributed by atoms with Gasteiger partial charge in [0.2, 0.25) is 5.91 Å². The van der Waals surface area contributed by atoms with Crippen molar-refractivity contribution < 1.29 is 14.3 Å².